The van der Waals surface area contributed by atoms with Crippen molar-refractivity contribution in [2.24, 2.45) is 5.92 Å². The summed E-state index contributed by atoms with van der Waals surface area (Å²) in [7, 11) is 1.67. The van der Waals surface area contributed by atoms with Crippen molar-refractivity contribution in [1.29, 1.82) is 0 Å². The molecule has 1 saturated heterocycles. The van der Waals surface area contributed by atoms with Crippen molar-refractivity contribution < 1.29 is 19.0 Å². The molecule has 0 unspecified atom stereocenters. The summed E-state index contributed by atoms with van der Waals surface area (Å²) in [5.74, 6) is 1.93. The van der Waals surface area contributed by atoms with E-state index in [1.807, 2.05) is 36.4 Å². The molecule has 0 saturated carbocycles. The first-order valence-electron chi connectivity index (χ1n) is 10.9. The molecule has 2 heterocycles. The number of hydrogen-bond acceptors (Lipinski definition) is 6. The number of nitrogens with zero attached hydrogens (tertiary/aromatic N) is 1. The molecular formula is C25H28N2O4S. The van der Waals surface area contributed by atoms with E-state index in [1.54, 1.807) is 7.11 Å². The zero-order chi connectivity index (χ0) is 22.2. The standard InChI is InChI=1S/C25H28N2O4S/c1-29-21-6-2-18(3-7-21)14-23-15-24(27-32-23)20-4-8-22(9-5-20)31-17-25(28)26-16-19-10-12-30-13-11-19/h2-9,15,19H,10-14,16-17H2,1H3,(H,26,28). The number of hydrogen-bond donors (Lipinski definition) is 1. The average molecular weight is 453 g/mol. The lowest BCUT2D eigenvalue weighted by atomic mass is 10.0. The van der Waals surface area contributed by atoms with Crippen molar-refractivity contribution in [2.45, 2.75) is 19.3 Å². The zero-order valence-electron chi connectivity index (χ0n) is 18.2. The normalized spacial score (nSPS) is 14.2. The van der Waals surface area contributed by atoms with Gasteiger partial charge in [0.05, 0.1) is 12.8 Å². The third-order valence-corrected chi connectivity index (χ3v) is 6.33. The van der Waals surface area contributed by atoms with Gasteiger partial charge in [-0.3, -0.25) is 4.79 Å². The molecule has 1 aliphatic heterocycles. The van der Waals surface area contributed by atoms with Crippen molar-refractivity contribution in [3.63, 3.8) is 0 Å². The molecule has 1 amide bonds. The number of nitrogens with one attached hydrogen (secondary N) is 1. The van der Waals surface area contributed by atoms with E-state index in [9.17, 15) is 4.79 Å². The highest BCUT2D eigenvalue weighted by atomic mass is 32.1. The van der Waals surface area contributed by atoms with Crippen LogP contribution in [-0.4, -0.2) is 43.8 Å². The number of benzene rings is 2. The minimum absolute atomic E-state index is 0.0191. The second kappa shape index (κ2) is 11.1. The van der Waals surface area contributed by atoms with Gasteiger partial charge in [0.25, 0.3) is 5.91 Å². The molecule has 7 heteroatoms. The number of amides is 1. The highest BCUT2D eigenvalue weighted by Gasteiger charge is 2.15. The van der Waals surface area contributed by atoms with Crippen LogP contribution in [-0.2, 0) is 16.0 Å². The van der Waals surface area contributed by atoms with Crippen LogP contribution in [0.15, 0.2) is 54.6 Å². The van der Waals surface area contributed by atoms with Crippen LogP contribution in [0, 0.1) is 5.92 Å². The van der Waals surface area contributed by atoms with Gasteiger partial charge in [0, 0.05) is 36.6 Å². The number of carbonyl (C=O) groups excluding carboxylic acids is 1. The van der Waals surface area contributed by atoms with Crippen molar-refractivity contribution in [1.82, 2.24) is 9.69 Å². The predicted octanol–water partition coefficient (Wildman–Crippen LogP) is 4.33. The maximum Gasteiger partial charge on any atom is 0.257 e. The van der Waals surface area contributed by atoms with E-state index >= 15 is 0 Å². The van der Waals surface area contributed by atoms with Crippen LogP contribution in [0.2, 0.25) is 0 Å². The monoisotopic (exact) mass is 452 g/mol. The number of ether oxygens (including phenoxy) is 3. The Morgan fingerprint density at radius 1 is 1.09 bits per heavy atom. The molecule has 1 N–H and O–H groups in total. The van der Waals surface area contributed by atoms with Gasteiger partial charge in [-0.05, 0) is 78.3 Å². The zero-order valence-corrected chi connectivity index (χ0v) is 19.0. The summed E-state index contributed by atoms with van der Waals surface area (Å²) in [6, 6.07) is 17.9. The molecule has 0 radical (unpaired) electrons. The Labute approximate surface area is 192 Å². The topological polar surface area (TPSA) is 69.7 Å². The van der Waals surface area contributed by atoms with Gasteiger partial charge >= 0.3 is 0 Å². The summed E-state index contributed by atoms with van der Waals surface area (Å²) in [4.78, 5) is 13.3. The first-order valence-corrected chi connectivity index (χ1v) is 11.6. The lowest BCUT2D eigenvalue weighted by molar-refractivity contribution is -0.123. The average Bonchev–Trinajstić information content (AvgIpc) is 3.31. The molecule has 1 aliphatic rings. The van der Waals surface area contributed by atoms with Crippen LogP contribution in [0.5, 0.6) is 11.5 Å². The molecular weight excluding hydrogens is 424 g/mol. The molecule has 0 spiro atoms. The van der Waals surface area contributed by atoms with E-state index < -0.39 is 0 Å². The molecule has 2 aromatic carbocycles. The summed E-state index contributed by atoms with van der Waals surface area (Å²) < 4.78 is 20.8. The maximum absolute atomic E-state index is 12.1. The predicted molar refractivity (Wildman–Crippen MR) is 125 cm³/mol. The van der Waals surface area contributed by atoms with Crippen molar-refractivity contribution in [2.75, 3.05) is 33.5 Å². The van der Waals surface area contributed by atoms with Crippen LogP contribution < -0.4 is 14.8 Å². The van der Waals surface area contributed by atoms with Crippen LogP contribution in [0.3, 0.4) is 0 Å². The molecule has 168 valence electrons. The molecule has 1 fully saturated rings. The second-order valence-corrected chi connectivity index (χ2v) is 8.77. The van der Waals surface area contributed by atoms with Crippen molar-refractivity contribution >= 4 is 17.4 Å². The van der Waals surface area contributed by atoms with E-state index in [1.165, 1.54) is 22.0 Å². The van der Waals surface area contributed by atoms with E-state index in [2.05, 4.69) is 27.9 Å². The van der Waals surface area contributed by atoms with Crippen molar-refractivity contribution in [3.05, 3.63) is 65.0 Å². The summed E-state index contributed by atoms with van der Waals surface area (Å²) in [6.45, 7) is 2.27. The molecule has 3 aromatic rings. The lowest BCUT2D eigenvalue weighted by Gasteiger charge is -2.22. The van der Waals surface area contributed by atoms with E-state index in [-0.39, 0.29) is 12.5 Å². The first-order chi connectivity index (χ1) is 15.7. The highest BCUT2D eigenvalue weighted by molar-refractivity contribution is 7.06. The van der Waals surface area contributed by atoms with Gasteiger partial charge in [0.1, 0.15) is 11.5 Å². The van der Waals surface area contributed by atoms with Gasteiger partial charge in [-0.15, -0.1) is 0 Å². The maximum atomic E-state index is 12.1. The fourth-order valence-electron chi connectivity index (χ4n) is 3.61. The van der Waals surface area contributed by atoms with E-state index in [0.717, 1.165) is 49.5 Å². The minimum Gasteiger partial charge on any atom is -0.497 e. The van der Waals surface area contributed by atoms with Gasteiger partial charge in [-0.2, -0.15) is 4.37 Å². The fraction of sp³-hybridized carbons (Fsp3) is 0.360. The summed E-state index contributed by atoms with van der Waals surface area (Å²) in [5.41, 5.74) is 3.19. The summed E-state index contributed by atoms with van der Waals surface area (Å²) in [6.07, 6.45) is 2.84. The Balaban J connectivity index is 1.25. The first kappa shape index (κ1) is 22.3. The minimum atomic E-state index is -0.0942. The Bertz CT molecular complexity index is 996. The Kier molecular flexibility index (Phi) is 7.74. The Morgan fingerprint density at radius 2 is 1.81 bits per heavy atom. The van der Waals surface area contributed by atoms with Crippen molar-refractivity contribution in [3.8, 4) is 22.8 Å². The molecule has 4 rings (SSSR count). The molecule has 0 bridgehead atoms. The lowest BCUT2D eigenvalue weighted by Crippen LogP contribution is -2.35. The van der Waals surface area contributed by atoms with Crippen LogP contribution in [0.1, 0.15) is 23.3 Å². The van der Waals surface area contributed by atoms with Gasteiger partial charge in [-0.1, -0.05) is 12.1 Å². The van der Waals surface area contributed by atoms with Crippen LogP contribution >= 0.6 is 11.5 Å². The van der Waals surface area contributed by atoms with Crippen LogP contribution in [0.25, 0.3) is 11.3 Å². The molecule has 6 nitrogen and oxygen atoms in total. The SMILES string of the molecule is COc1ccc(Cc2cc(-c3ccc(OCC(=O)NCC4CCOCC4)cc3)ns2)cc1. The Morgan fingerprint density at radius 3 is 2.53 bits per heavy atom. The quantitative estimate of drug-likeness (QED) is 0.523. The highest BCUT2D eigenvalue weighted by Crippen LogP contribution is 2.26. The van der Waals surface area contributed by atoms with E-state index in [4.69, 9.17) is 14.2 Å². The summed E-state index contributed by atoms with van der Waals surface area (Å²) in [5, 5.41) is 2.95. The third-order valence-electron chi connectivity index (χ3n) is 5.55. The van der Waals surface area contributed by atoms with Gasteiger partial charge < -0.3 is 19.5 Å². The van der Waals surface area contributed by atoms with Gasteiger partial charge in [-0.25, -0.2) is 0 Å². The second-order valence-electron chi connectivity index (χ2n) is 7.88. The Hall–Kier alpha value is -2.90. The largest absolute Gasteiger partial charge is 0.497 e. The van der Waals surface area contributed by atoms with Gasteiger partial charge in [0.2, 0.25) is 0 Å². The fourth-order valence-corrected chi connectivity index (χ4v) is 4.38. The molecule has 32 heavy (non-hydrogen) atoms. The van der Waals surface area contributed by atoms with Gasteiger partial charge in [0.15, 0.2) is 6.61 Å². The smallest absolute Gasteiger partial charge is 0.257 e. The van der Waals surface area contributed by atoms with Crippen LogP contribution in [0.4, 0.5) is 0 Å². The number of methoxy groups -OCH3 is 1. The molecule has 0 atom stereocenters. The number of carbonyl (C=O) groups is 1. The third kappa shape index (κ3) is 6.31. The molecule has 0 aliphatic carbocycles. The summed E-state index contributed by atoms with van der Waals surface area (Å²) >= 11 is 1.51. The number of aromatic nitrogens is 1. The number of rotatable bonds is 9. The van der Waals surface area contributed by atoms with E-state index in [0.29, 0.717) is 18.2 Å². The molecule has 1 aromatic heterocycles.